The first-order chi connectivity index (χ1) is 8.72. The summed E-state index contributed by atoms with van der Waals surface area (Å²) in [6.07, 6.45) is 2.05. The molecule has 0 aromatic carbocycles. The van der Waals surface area contributed by atoms with E-state index < -0.39 is 0 Å². The van der Waals surface area contributed by atoms with Crippen molar-refractivity contribution in [2.45, 2.75) is 33.6 Å². The van der Waals surface area contributed by atoms with E-state index in [-0.39, 0.29) is 5.91 Å². The second kappa shape index (κ2) is 7.63. The third-order valence-corrected chi connectivity index (χ3v) is 2.79. The van der Waals surface area contributed by atoms with Gasteiger partial charge in [0, 0.05) is 19.6 Å². The van der Waals surface area contributed by atoms with Crippen molar-refractivity contribution in [3.8, 4) is 0 Å². The summed E-state index contributed by atoms with van der Waals surface area (Å²) in [6.45, 7) is 8.67. The van der Waals surface area contributed by atoms with Gasteiger partial charge in [0.2, 0.25) is 0 Å². The molecule has 0 aliphatic rings. The fraction of sp³-hybridized carbons (Fsp3) is 0.615. The molecule has 0 saturated heterocycles. The van der Waals surface area contributed by atoms with Gasteiger partial charge in [0.15, 0.2) is 11.5 Å². The Morgan fingerprint density at radius 3 is 2.44 bits per heavy atom. The van der Waals surface area contributed by atoms with Crippen LogP contribution >= 0.6 is 0 Å². The van der Waals surface area contributed by atoms with Crippen LogP contribution in [0, 0.1) is 0 Å². The Balaban J connectivity index is 2.61. The summed E-state index contributed by atoms with van der Waals surface area (Å²) < 4.78 is 0. The van der Waals surface area contributed by atoms with Crippen molar-refractivity contribution in [1.29, 1.82) is 0 Å². The zero-order chi connectivity index (χ0) is 13.4. The lowest BCUT2D eigenvalue weighted by atomic mass is 10.3. The molecule has 5 nitrogen and oxygen atoms in total. The summed E-state index contributed by atoms with van der Waals surface area (Å²) in [7, 11) is 0. The highest BCUT2D eigenvalue weighted by molar-refractivity contribution is 5.92. The highest BCUT2D eigenvalue weighted by Crippen LogP contribution is 2.08. The first-order valence-electron chi connectivity index (χ1n) is 6.59. The van der Waals surface area contributed by atoms with Crippen molar-refractivity contribution in [1.82, 2.24) is 15.5 Å². The molecule has 5 heteroatoms. The molecule has 0 radical (unpaired) electrons. The molecular formula is C13H22N4O. The average Bonchev–Trinajstić information content (AvgIpc) is 2.41. The number of aromatic nitrogens is 2. The van der Waals surface area contributed by atoms with Crippen molar-refractivity contribution in [2.75, 3.05) is 24.5 Å². The Labute approximate surface area is 109 Å². The number of unbranched alkanes of at least 4 members (excludes halogenated alkanes) is 1. The van der Waals surface area contributed by atoms with Gasteiger partial charge in [-0.15, -0.1) is 10.2 Å². The molecule has 0 atom stereocenters. The Kier molecular flexibility index (Phi) is 6.11. The molecule has 1 aromatic rings. The molecule has 0 spiro atoms. The number of nitrogens with zero attached hydrogens (tertiary/aromatic N) is 3. The number of rotatable bonds is 7. The molecule has 0 fully saturated rings. The molecule has 1 aromatic heterocycles. The van der Waals surface area contributed by atoms with E-state index in [0.717, 1.165) is 31.7 Å². The summed E-state index contributed by atoms with van der Waals surface area (Å²) in [5, 5.41) is 10.9. The Morgan fingerprint density at radius 1 is 1.22 bits per heavy atom. The molecular weight excluding hydrogens is 228 g/mol. The smallest absolute Gasteiger partial charge is 0.271 e. The van der Waals surface area contributed by atoms with E-state index in [2.05, 4.69) is 41.2 Å². The molecule has 0 bridgehead atoms. The number of anilines is 1. The standard InChI is InChI=1S/C13H22N4O/c1-4-7-10-14-13(18)11-8-9-12(16-15-11)17(5-2)6-3/h8-9H,4-7,10H2,1-3H3,(H,14,18). The Bertz CT molecular complexity index is 360. The summed E-state index contributed by atoms with van der Waals surface area (Å²) in [6, 6.07) is 3.57. The first-order valence-corrected chi connectivity index (χ1v) is 6.59. The van der Waals surface area contributed by atoms with Crippen molar-refractivity contribution in [2.24, 2.45) is 0 Å². The van der Waals surface area contributed by atoms with Crippen molar-refractivity contribution >= 4 is 11.7 Å². The largest absolute Gasteiger partial charge is 0.356 e. The van der Waals surface area contributed by atoms with E-state index in [4.69, 9.17) is 0 Å². The van der Waals surface area contributed by atoms with E-state index in [1.807, 2.05) is 6.07 Å². The first kappa shape index (κ1) is 14.4. The molecule has 0 aliphatic carbocycles. The van der Waals surface area contributed by atoms with Crippen LogP contribution in [0.1, 0.15) is 44.1 Å². The second-order valence-corrected chi connectivity index (χ2v) is 4.06. The highest BCUT2D eigenvalue weighted by Gasteiger charge is 2.09. The molecule has 1 amide bonds. The maximum Gasteiger partial charge on any atom is 0.271 e. The zero-order valence-electron chi connectivity index (χ0n) is 11.4. The van der Waals surface area contributed by atoms with E-state index in [1.165, 1.54) is 0 Å². The van der Waals surface area contributed by atoms with Gasteiger partial charge in [-0.2, -0.15) is 0 Å². The van der Waals surface area contributed by atoms with E-state index in [9.17, 15) is 4.79 Å². The topological polar surface area (TPSA) is 58.1 Å². The van der Waals surface area contributed by atoms with E-state index in [1.54, 1.807) is 6.07 Å². The Morgan fingerprint density at radius 2 is 1.94 bits per heavy atom. The predicted molar refractivity (Wildman–Crippen MR) is 72.8 cm³/mol. The number of carbonyl (C=O) groups is 1. The van der Waals surface area contributed by atoms with Crippen molar-refractivity contribution < 1.29 is 4.79 Å². The highest BCUT2D eigenvalue weighted by atomic mass is 16.1. The summed E-state index contributed by atoms with van der Waals surface area (Å²) in [4.78, 5) is 13.8. The molecule has 0 saturated carbocycles. The van der Waals surface area contributed by atoms with Crippen molar-refractivity contribution in [3.05, 3.63) is 17.8 Å². The van der Waals surface area contributed by atoms with Gasteiger partial charge in [0.1, 0.15) is 0 Å². The van der Waals surface area contributed by atoms with Crippen LogP contribution in [0.4, 0.5) is 5.82 Å². The van der Waals surface area contributed by atoms with Crippen LogP contribution in [0.15, 0.2) is 12.1 Å². The molecule has 0 aliphatic heterocycles. The molecule has 1 N–H and O–H groups in total. The summed E-state index contributed by atoms with van der Waals surface area (Å²) >= 11 is 0. The van der Waals surface area contributed by atoms with E-state index >= 15 is 0 Å². The number of hydrogen-bond donors (Lipinski definition) is 1. The maximum absolute atomic E-state index is 11.7. The van der Waals surface area contributed by atoms with Crippen LogP contribution < -0.4 is 10.2 Å². The predicted octanol–water partition coefficient (Wildman–Crippen LogP) is 1.85. The van der Waals surface area contributed by atoms with Gasteiger partial charge in [-0.25, -0.2) is 0 Å². The van der Waals surface area contributed by atoms with Gasteiger partial charge in [0.05, 0.1) is 0 Å². The van der Waals surface area contributed by atoms with Gasteiger partial charge in [-0.1, -0.05) is 13.3 Å². The quantitative estimate of drug-likeness (QED) is 0.750. The number of carbonyl (C=O) groups excluding carboxylic acids is 1. The lowest BCUT2D eigenvalue weighted by Gasteiger charge is -2.18. The SMILES string of the molecule is CCCCNC(=O)c1ccc(N(CC)CC)nn1. The zero-order valence-corrected chi connectivity index (χ0v) is 11.4. The van der Waals surface area contributed by atoms with Gasteiger partial charge in [-0.3, -0.25) is 4.79 Å². The monoisotopic (exact) mass is 250 g/mol. The lowest BCUT2D eigenvalue weighted by Crippen LogP contribution is -2.27. The molecule has 1 heterocycles. The summed E-state index contributed by atoms with van der Waals surface area (Å²) in [5.74, 6) is 0.659. The van der Waals surface area contributed by atoms with Gasteiger partial charge in [0.25, 0.3) is 5.91 Å². The van der Waals surface area contributed by atoms with Crippen LogP contribution in [-0.4, -0.2) is 35.7 Å². The van der Waals surface area contributed by atoms with Crippen molar-refractivity contribution in [3.63, 3.8) is 0 Å². The molecule has 0 unspecified atom stereocenters. The second-order valence-electron chi connectivity index (χ2n) is 4.06. The number of nitrogens with one attached hydrogen (secondary N) is 1. The normalized spacial score (nSPS) is 10.2. The Hall–Kier alpha value is -1.65. The van der Waals surface area contributed by atoms with Gasteiger partial charge in [-0.05, 0) is 32.4 Å². The number of amides is 1. The van der Waals surface area contributed by atoms with Crippen LogP contribution in [0.2, 0.25) is 0 Å². The maximum atomic E-state index is 11.7. The van der Waals surface area contributed by atoms with Gasteiger partial charge >= 0.3 is 0 Å². The number of hydrogen-bond acceptors (Lipinski definition) is 4. The molecule has 100 valence electrons. The average molecular weight is 250 g/mol. The minimum Gasteiger partial charge on any atom is -0.356 e. The van der Waals surface area contributed by atoms with Crippen LogP contribution in [0.5, 0.6) is 0 Å². The fourth-order valence-electron chi connectivity index (χ4n) is 1.63. The van der Waals surface area contributed by atoms with E-state index in [0.29, 0.717) is 12.2 Å². The fourth-order valence-corrected chi connectivity index (χ4v) is 1.63. The third-order valence-electron chi connectivity index (χ3n) is 2.79. The summed E-state index contributed by atoms with van der Waals surface area (Å²) in [5.41, 5.74) is 0.377. The molecule has 18 heavy (non-hydrogen) atoms. The van der Waals surface area contributed by atoms with Crippen LogP contribution in [0.25, 0.3) is 0 Å². The lowest BCUT2D eigenvalue weighted by molar-refractivity contribution is 0.0947. The van der Waals surface area contributed by atoms with Crippen LogP contribution in [-0.2, 0) is 0 Å². The third kappa shape index (κ3) is 3.98. The minimum atomic E-state index is -0.151. The van der Waals surface area contributed by atoms with Gasteiger partial charge < -0.3 is 10.2 Å². The molecule has 1 rings (SSSR count). The van der Waals surface area contributed by atoms with Crippen LogP contribution in [0.3, 0.4) is 0 Å². The minimum absolute atomic E-state index is 0.151.